The summed E-state index contributed by atoms with van der Waals surface area (Å²) in [7, 11) is 1.68. The minimum Gasteiger partial charge on any atom is -0.494 e. The van der Waals surface area contributed by atoms with E-state index in [-0.39, 0.29) is 0 Å². The molecule has 0 atom stereocenters. The molecule has 0 aliphatic heterocycles. The molecule has 0 radical (unpaired) electrons. The van der Waals surface area contributed by atoms with Crippen LogP contribution in [-0.4, -0.2) is 12.1 Å². The number of benzene rings is 2. The summed E-state index contributed by atoms with van der Waals surface area (Å²) in [6.45, 7) is 2.11. The highest BCUT2D eigenvalue weighted by Crippen LogP contribution is 2.35. The van der Waals surface area contributed by atoms with Gasteiger partial charge in [-0.3, -0.25) is 0 Å². The van der Waals surface area contributed by atoms with Gasteiger partial charge in [-0.05, 0) is 24.6 Å². The van der Waals surface area contributed by atoms with Crippen LogP contribution in [0.2, 0.25) is 0 Å². The van der Waals surface area contributed by atoms with Crippen LogP contribution in [-0.2, 0) is 0 Å². The average molecular weight is 255 g/mol. The third kappa shape index (κ3) is 1.77. The number of aromatic nitrogens is 1. The Morgan fingerprint density at radius 3 is 2.67 bits per heavy atom. The fraction of sp³-hybridized carbons (Fsp3) is 0.133. The number of fused-ring (bicyclic) bond motifs is 1. The smallest absolute Gasteiger partial charge is 0.145 e. The predicted octanol–water partition coefficient (Wildman–Crippen LogP) is 4.28. The van der Waals surface area contributed by atoms with Gasteiger partial charge in [0.15, 0.2) is 0 Å². The predicted molar refractivity (Wildman–Crippen MR) is 76.3 cm³/mol. The molecule has 1 heterocycles. The number of ether oxygens (including phenoxy) is 1. The van der Waals surface area contributed by atoms with Crippen LogP contribution in [0.25, 0.3) is 20.8 Å². The lowest BCUT2D eigenvalue weighted by molar-refractivity contribution is 0.419. The third-order valence-corrected chi connectivity index (χ3v) is 4.03. The maximum Gasteiger partial charge on any atom is 0.145 e. The second kappa shape index (κ2) is 4.42. The fourth-order valence-corrected chi connectivity index (χ4v) is 3.09. The summed E-state index contributed by atoms with van der Waals surface area (Å²) in [6.07, 6.45) is 0. The van der Waals surface area contributed by atoms with E-state index in [1.807, 2.05) is 24.3 Å². The highest BCUT2D eigenvalue weighted by atomic mass is 32.1. The van der Waals surface area contributed by atoms with Crippen LogP contribution in [0.15, 0.2) is 42.5 Å². The largest absolute Gasteiger partial charge is 0.494 e. The summed E-state index contributed by atoms with van der Waals surface area (Å²) in [5, 5.41) is 1.05. The summed E-state index contributed by atoms with van der Waals surface area (Å²) >= 11 is 1.70. The minimum absolute atomic E-state index is 0.837. The standard InChI is InChI=1S/C15H13NOS/c1-10-6-3-4-7-11(10)15-16-14-12(17-2)8-5-9-13(14)18-15/h3-9H,1-2H3. The van der Waals surface area contributed by atoms with E-state index in [0.29, 0.717) is 0 Å². The molecular formula is C15H13NOS. The molecule has 18 heavy (non-hydrogen) atoms. The molecule has 0 N–H and O–H groups in total. The van der Waals surface area contributed by atoms with Crippen molar-refractivity contribution in [3.8, 4) is 16.3 Å². The van der Waals surface area contributed by atoms with E-state index in [4.69, 9.17) is 9.72 Å². The van der Waals surface area contributed by atoms with Crippen molar-refractivity contribution in [2.45, 2.75) is 6.92 Å². The Hall–Kier alpha value is -1.87. The molecule has 2 nitrogen and oxygen atoms in total. The Morgan fingerprint density at radius 2 is 1.89 bits per heavy atom. The molecule has 0 spiro atoms. The molecular weight excluding hydrogens is 242 g/mol. The van der Waals surface area contributed by atoms with E-state index in [1.54, 1.807) is 18.4 Å². The summed E-state index contributed by atoms with van der Waals surface area (Å²) in [5.41, 5.74) is 3.39. The molecule has 90 valence electrons. The normalized spacial score (nSPS) is 10.8. The van der Waals surface area contributed by atoms with Gasteiger partial charge in [-0.2, -0.15) is 0 Å². The summed E-state index contributed by atoms with van der Waals surface area (Å²) in [4.78, 5) is 4.71. The minimum atomic E-state index is 0.837. The monoisotopic (exact) mass is 255 g/mol. The zero-order valence-corrected chi connectivity index (χ0v) is 11.1. The number of hydrogen-bond acceptors (Lipinski definition) is 3. The lowest BCUT2D eigenvalue weighted by Crippen LogP contribution is -1.84. The molecule has 0 aliphatic carbocycles. The van der Waals surface area contributed by atoms with Crippen LogP contribution in [0.4, 0.5) is 0 Å². The van der Waals surface area contributed by atoms with Crippen LogP contribution in [0.1, 0.15) is 5.56 Å². The van der Waals surface area contributed by atoms with E-state index in [1.165, 1.54) is 11.1 Å². The van der Waals surface area contributed by atoms with Crippen LogP contribution in [0, 0.1) is 6.92 Å². The molecule has 1 aromatic heterocycles. The number of methoxy groups -OCH3 is 1. The molecule has 0 saturated heterocycles. The molecule has 3 rings (SSSR count). The van der Waals surface area contributed by atoms with Crippen molar-refractivity contribution in [1.29, 1.82) is 0 Å². The lowest BCUT2D eigenvalue weighted by Gasteiger charge is -2.00. The van der Waals surface area contributed by atoms with Crippen molar-refractivity contribution in [3.63, 3.8) is 0 Å². The Kier molecular flexibility index (Phi) is 2.76. The van der Waals surface area contributed by atoms with Crippen molar-refractivity contribution in [2.75, 3.05) is 7.11 Å². The number of para-hydroxylation sites is 1. The molecule has 2 aromatic carbocycles. The highest BCUT2D eigenvalue weighted by Gasteiger charge is 2.10. The van der Waals surface area contributed by atoms with Gasteiger partial charge in [0.1, 0.15) is 16.3 Å². The van der Waals surface area contributed by atoms with E-state index >= 15 is 0 Å². The molecule has 0 aliphatic rings. The van der Waals surface area contributed by atoms with E-state index in [9.17, 15) is 0 Å². The van der Waals surface area contributed by atoms with Gasteiger partial charge in [-0.15, -0.1) is 11.3 Å². The lowest BCUT2D eigenvalue weighted by atomic mass is 10.1. The zero-order valence-electron chi connectivity index (χ0n) is 10.3. The number of thiazole rings is 1. The van der Waals surface area contributed by atoms with Gasteiger partial charge >= 0.3 is 0 Å². The van der Waals surface area contributed by atoms with Crippen molar-refractivity contribution in [3.05, 3.63) is 48.0 Å². The molecule has 3 heteroatoms. The van der Waals surface area contributed by atoms with Gasteiger partial charge in [0, 0.05) is 5.56 Å². The molecule has 0 amide bonds. The Balaban J connectivity index is 2.23. The highest BCUT2D eigenvalue weighted by molar-refractivity contribution is 7.21. The topological polar surface area (TPSA) is 22.1 Å². The van der Waals surface area contributed by atoms with Gasteiger partial charge in [0.2, 0.25) is 0 Å². The number of nitrogens with zero attached hydrogens (tertiary/aromatic N) is 1. The van der Waals surface area contributed by atoms with Crippen molar-refractivity contribution >= 4 is 21.6 Å². The quantitative estimate of drug-likeness (QED) is 0.682. The van der Waals surface area contributed by atoms with Crippen molar-refractivity contribution in [1.82, 2.24) is 4.98 Å². The van der Waals surface area contributed by atoms with Gasteiger partial charge in [-0.25, -0.2) is 4.98 Å². The first-order valence-corrected chi connectivity index (χ1v) is 6.61. The van der Waals surface area contributed by atoms with Crippen LogP contribution < -0.4 is 4.74 Å². The van der Waals surface area contributed by atoms with E-state index in [0.717, 1.165) is 21.0 Å². The first-order valence-electron chi connectivity index (χ1n) is 5.79. The second-order valence-corrected chi connectivity index (χ2v) is 5.17. The molecule has 0 saturated carbocycles. The van der Waals surface area contributed by atoms with Gasteiger partial charge in [-0.1, -0.05) is 30.3 Å². The zero-order chi connectivity index (χ0) is 12.5. The number of aryl methyl sites for hydroxylation is 1. The number of hydrogen-bond donors (Lipinski definition) is 0. The Bertz CT molecular complexity index is 703. The summed E-state index contributed by atoms with van der Waals surface area (Å²) < 4.78 is 6.51. The SMILES string of the molecule is COc1cccc2sc(-c3ccccc3C)nc12. The number of rotatable bonds is 2. The molecule has 0 fully saturated rings. The van der Waals surface area contributed by atoms with Crippen LogP contribution in [0.3, 0.4) is 0 Å². The van der Waals surface area contributed by atoms with Gasteiger partial charge in [0.25, 0.3) is 0 Å². The molecule has 0 bridgehead atoms. The van der Waals surface area contributed by atoms with Crippen LogP contribution in [0.5, 0.6) is 5.75 Å². The first kappa shape index (κ1) is 11.2. The second-order valence-electron chi connectivity index (χ2n) is 4.14. The average Bonchev–Trinajstić information content (AvgIpc) is 2.82. The third-order valence-electron chi connectivity index (χ3n) is 2.98. The molecule has 0 unspecified atom stereocenters. The van der Waals surface area contributed by atoms with Crippen LogP contribution >= 0.6 is 11.3 Å². The van der Waals surface area contributed by atoms with E-state index in [2.05, 4.69) is 25.1 Å². The first-order chi connectivity index (χ1) is 8.79. The maximum atomic E-state index is 5.35. The Morgan fingerprint density at radius 1 is 1.06 bits per heavy atom. The van der Waals surface area contributed by atoms with Crippen molar-refractivity contribution in [2.24, 2.45) is 0 Å². The van der Waals surface area contributed by atoms with Crippen molar-refractivity contribution < 1.29 is 4.74 Å². The fourth-order valence-electron chi connectivity index (χ4n) is 2.02. The van der Waals surface area contributed by atoms with Gasteiger partial charge < -0.3 is 4.74 Å². The molecule has 3 aromatic rings. The van der Waals surface area contributed by atoms with Gasteiger partial charge in [0.05, 0.1) is 11.8 Å². The summed E-state index contributed by atoms with van der Waals surface area (Å²) in [5.74, 6) is 0.837. The maximum absolute atomic E-state index is 5.35. The summed E-state index contributed by atoms with van der Waals surface area (Å²) in [6, 6.07) is 14.3. The Labute approximate surface area is 110 Å². The van der Waals surface area contributed by atoms with E-state index < -0.39 is 0 Å².